The highest BCUT2D eigenvalue weighted by molar-refractivity contribution is 6.30. The van der Waals surface area contributed by atoms with Crippen LogP contribution in [0.25, 0.3) is 0 Å². The lowest BCUT2D eigenvalue weighted by atomic mass is 10.2. The van der Waals surface area contributed by atoms with E-state index < -0.39 is 18.1 Å². The van der Waals surface area contributed by atoms with Gasteiger partial charge >= 0.3 is 18.3 Å². The maximum atomic E-state index is 12.4. The molecule has 3 rings (SSSR count). The number of esters is 1. The summed E-state index contributed by atoms with van der Waals surface area (Å²) in [6.45, 7) is 0.190. The van der Waals surface area contributed by atoms with Crippen molar-refractivity contribution in [1.82, 2.24) is 9.55 Å². The topological polar surface area (TPSA) is 62.6 Å². The van der Waals surface area contributed by atoms with E-state index in [-0.39, 0.29) is 24.0 Å². The van der Waals surface area contributed by atoms with Gasteiger partial charge in [-0.3, -0.25) is 4.57 Å². The zero-order valence-electron chi connectivity index (χ0n) is 14.9. The maximum Gasteiger partial charge on any atom is 0.573 e. The fourth-order valence-corrected chi connectivity index (χ4v) is 2.60. The predicted molar refractivity (Wildman–Crippen MR) is 97.3 cm³/mol. The molecule has 0 amide bonds. The number of methoxy groups -OCH3 is 1. The van der Waals surface area contributed by atoms with E-state index in [0.717, 1.165) is 17.7 Å². The largest absolute Gasteiger partial charge is 0.573 e. The molecule has 29 heavy (non-hydrogen) atoms. The van der Waals surface area contributed by atoms with Gasteiger partial charge in [-0.1, -0.05) is 29.8 Å². The molecule has 0 saturated heterocycles. The lowest BCUT2D eigenvalue weighted by Crippen LogP contribution is -2.17. The van der Waals surface area contributed by atoms with Gasteiger partial charge in [0.05, 0.1) is 19.9 Å². The van der Waals surface area contributed by atoms with E-state index in [1.54, 1.807) is 24.3 Å². The zero-order valence-corrected chi connectivity index (χ0v) is 15.7. The summed E-state index contributed by atoms with van der Waals surface area (Å²) in [6.07, 6.45) is -3.57. The third-order valence-electron chi connectivity index (χ3n) is 3.72. The van der Waals surface area contributed by atoms with Crippen LogP contribution in [0.3, 0.4) is 0 Å². The van der Waals surface area contributed by atoms with Gasteiger partial charge in [0.15, 0.2) is 5.69 Å². The van der Waals surface area contributed by atoms with Crippen LogP contribution in [0.15, 0.2) is 54.7 Å². The molecule has 0 bridgehead atoms. The summed E-state index contributed by atoms with van der Waals surface area (Å²) in [4.78, 5) is 16.1. The van der Waals surface area contributed by atoms with Gasteiger partial charge in [0.2, 0.25) is 0 Å². The summed E-state index contributed by atoms with van der Waals surface area (Å²) in [5.74, 6) is -1.04. The van der Waals surface area contributed by atoms with E-state index in [0.29, 0.717) is 5.02 Å². The Bertz CT molecular complexity index is 1000. The van der Waals surface area contributed by atoms with Crippen molar-refractivity contribution in [1.29, 1.82) is 0 Å². The minimum absolute atomic E-state index is 0.00971. The van der Waals surface area contributed by atoms with Gasteiger partial charge in [-0.2, -0.15) is 0 Å². The predicted octanol–water partition coefficient (Wildman–Crippen LogP) is 5.06. The molecule has 2 aromatic carbocycles. The molecule has 0 atom stereocenters. The minimum atomic E-state index is -4.83. The van der Waals surface area contributed by atoms with E-state index in [9.17, 15) is 18.0 Å². The smallest absolute Gasteiger partial charge is 0.464 e. The monoisotopic (exact) mass is 426 g/mol. The molecular formula is C19H14ClF3N2O4. The molecular weight excluding hydrogens is 413 g/mol. The van der Waals surface area contributed by atoms with Gasteiger partial charge in [-0.05, 0) is 29.8 Å². The Morgan fingerprint density at radius 3 is 2.48 bits per heavy atom. The Morgan fingerprint density at radius 2 is 1.83 bits per heavy atom. The second-order valence-electron chi connectivity index (χ2n) is 5.75. The first-order valence-electron chi connectivity index (χ1n) is 8.17. The minimum Gasteiger partial charge on any atom is -0.464 e. The van der Waals surface area contributed by atoms with Gasteiger partial charge in [0.1, 0.15) is 11.5 Å². The second kappa shape index (κ2) is 8.44. The molecule has 10 heteroatoms. The van der Waals surface area contributed by atoms with Crippen LogP contribution in [0.1, 0.15) is 16.1 Å². The molecule has 0 fully saturated rings. The average Bonchev–Trinajstić information content (AvgIpc) is 3.04. The Balaban J connectivity index is 1.91. The van der Waals surface area contributed by atoms with Crippen molar-refractivity contribution in [3.05, 3.63) is 71.0 Å². The number of imidazole rings is 1. The third kappa shape index (κ3) is 5.41. The van der Waals surface area contributed by atoms with E-state index >= 15 is 0 Å². The summed E-state index contributed by atoms with van der Waals surface area (Å²) in [5.41, 5.74) is 0.900. The van der Waals surface area contributed by atoms with Crippen LogP contribution in [0.2, 0.25) is 5.02 Å². The standard InChI is InChI=1S/C19H14ClF3N2O4/c1-27-17(26)16-10-24-18(25(16)11-12-5-7-13(20)8-6-12)28-14-3-2-4-15(9-14)29-19(21,22)23/h2-10H,11H2,1H3. The first-order chi connectivity index (χ1) is 13.7. The molecule has 0 radical (unpaired) electrons. The first kappa shape index (κ1) is 20.5. The van der Waals surface area contributed by atoms with Crippen molar-refractivity contribution in [2.24, 2.45) is 0 Å². The van der Waals surface area contributed by atoms with E-state index in [4.69, 9.17) is 21.1 Å². The molecule has 3 aromatic rings. The fraction of sp³-hybridized carbons (Fsp3) is 0.158. The highest BCUT2D eigenvalue weighted by Crippen LogP contribution is 2.29. The van der Waals surface area contributed by atoms with Crippen molar-refractivity contribution in [2.45, 2.75) is 12.9 Å². The number of carbonyl (C=O) groups excluding carboxylic acids is 1. The lowest BCUT2D eigenvalue weighted by Gasteiger charge is -2.13. The number of halogens is 4. The molecule has 1 heterocycles. The van der Waals surface area contributed by atoms with E-state index in [2.05, 4.69) is 9.72 Å². The fourth-order valence-electron chi connectivity index (χ4n) is 2.47. The van der Waals surface area contributed by atoms with Crippen molar-refractivity contribution in [3.8, 4) is 17.5 Å². The molecule has 0 aliphatic carbocycles. The number of rotatable bonds is 6. The average molecular weight is 427 g/mol. The first-order valence-corrected chi connectivity index (χ1v) is 8.55. The van der Waals surface area contributed by atoms with Crippen LogP contribution in [0.5, 0.6) is 17.5 Å². The lowest BCUT2D eigenvalue weighted by molar-refractivity contribution is -0.274. The van der Waals surface area contributed by atoms with Crippen LogP contribution >= 0.6 is 11.6 Å². The third-order valence-corrected chi connectivity index (χ3v) is 3.97. The molecule has 152 valence electrons. The number of carbonyl (C=O) groups is 1. The van der Waals surface area contributed by atoms with E-state index in [1.165, 1.54) is 30.0 Å². The molecule has 0 aliphatic heterocycles. The molecule has 0 unspecified atom stereocenters. The summed E-state index contributed by atoms with van der Waals surface area (Å²) in [6, 6.07) is 11.8. The number of hydrogen-bond acceptors (Lipinski definition) is 5. The number of nitrogens with zero attached hydrogens (tertiary/aromatic N) is 2. The molecule has 0 saturated carbocycles. The van der Waals surface area contributed by atoms with Crippen LogP contribution in [0.4, 0.5) is 13.2 Å². The molecule has 6 nitrogen and oxygen atoms in total. The van der Waals surface area contributed by atoms with Crippen molar-refractivity contribution in [2.75, 3.05) is 7.11 Å². The maximum absolute atomic E-state index is 12.4. The van der Waals surface area contributed by atoms with Crippen LogP contribution in [0, 0.1) is 0 Å². The number of aromatic nitrogens is 2. The highest BCUT2D eigenvalue weighted by atomic mass is 35.5. The molecule has 1 aromatic heterocycles. The van der Waals surface area contributed by atoms with Crippen molar-refractivity contribution >= 4 is 17.6 Å². The Labute approximate surface area is 168 Å². The zero-order chi connectivity index (χ0) is 21.0. The Morgan fingerprint density at radius 1 is 1.14 bits per heavy atom. The van der Waals surface area contributed by atoms with E-state index in [1.807, 2.05) is 0 Å². The highest BCUT2D eigenvalue weighted by Gasteiger charge is 2.31. The summed E-state index contributed by atoms with van der Waals surface area (Å²) in [5, 5.41) is 0.547. The quantitative estimate of drug-likeness (QED) is 0.515. The van der Waals surface area contributed by atoms with Gasteiger partial charge in [-0.15, -0.1) is 13.2 Å². The second-order valence-corrected chi connectivity index (χ2v) is 6.19. The van der Waals surface area contributed by atoms with Crippen LogP contribution in [-0.4, -0.2) is 29.0 Å². The summed E-state index contributed by atoms with van der Waals surface area (Å²) >= 11 is 5.89. The molecule has 0 N–H and O–H groups in total. The number of alkyl halides is 3. The molecule has 0 aliphatic rings. The van der Waals surface area contributed by atoms with Crippen molar-refractivity contribution < 1.29 is 32.2 Å². The van der Waals surface area contributed by atoms with Gasteiger partial charge in [0, 0.05) is 11.1 Å². The SMILES string of the molecule is COC(=O)c1cnc(Oc2cccc(OC(F)(F)F)c2)n1Cc1ccc(Cl)cc1. The van der Waals surface area contributed by atoms with Gasteiger partial charge in [-0.25, -0.2) is 9.78 Å². The Kier molecular flexibility index (Phi) is 5.97. The van der Waals surface area contributed by atoms with Crippen LogP contribution in [-0.2, 0) is 11.3 Å². The normalized spacial score (nSPS) is 11.2. The Hall–Kier alpha value is -3.20. The number of ether oxygens (including phenoxy) is 3. The molecule has 0 spiro atoms. The van der Waals surface area contributed by atoms with Gasteiger partial charge < -0.3 is 14.2 Å². The van der Waals surface area contributed by atoms with Gasteiger partial charge in [0.25, 0.3) is 0 Å². The van der Waals surface area contributed by atoms with Crippen molar-refractivity contribution in [3.63, 3.8) is 0 Å². The number of benzene rings is 2. The summed E-state index contributed by atoms with van der Waals surface area (Å²) in [7, 11) is 1.22. The van der Waals surface area contributed by atoms with Crippen LogP contribution < -0.4 is 9.47 Å². The summed E-state index contributed by atoms with van der Waals surface area (Å²) < 4.78 is 53.0. The number of hydrogen-bond donors (Lipinski definition) is 0.